The average molecular weight is 559 g/mol. The van der Waals surface area contributed by atoms with E-state index in [4.69, 9.17) is 3.63 Å². The van der Waals surface area contributed by atoms with E-state index in [2.05, 4.69) is 13.2 Å². The molecule has 0 saturated heterocycles. The molecule has 0 fully saturated rings. The maximum absolute atomic E-state index is 13.6. The lowest BCUT2D eigenvalue weighted by molar-refractivity contribution is 0.460. The number of rotatable bonds is 10. The van der Waals surface area contributed by atoms with Gasteiger partial charge in [-0.05, 0) is 83.3 Å². The fourth-order valence-electron chi connectivity index (χ4n) is 4.72. The molecular weight excluding hydrogens is 528 g/mol. The van der Waals surface area contributed by atoms with Crippen LogP contribution in [-0.4, -0.2) is 16.8 Å². The van der Waals surface area contributed by atoms with E-state index < -0.39 is 20.2 Å². The summed E-state index contributed by atoms with van der Waals surface area (Å²) in [4.78, 5) is -0.424. The van der Waals surface area contributed by atoms with Crippen LogP contribution in [0.15, 0.2) is 108 Å². The summed E-state index contributed by atoms with van der Waals surface area (Å²) in [5.74, 6) is 0. The standard InChI is InChI=1S/C32H30O5S2/c1-5-27-23(3)17-19-31(29(27)21-25-13-9-7-10-14-25)38(33,34)37-39(35,36)32-20-18-24(4)28(6-2)30(32)22-26-15-11-8-12-16-26/h5-20H,1-2,21-22H2,3-4H3. The third-order valence-electron chi connectivity index (χ3n) is 6.64. The summed E-state index contributed by atoms with van der Waals surface area (Å²) in [6.07, 6.45) is 3.67. The number of hydrogen-bond acceptors (Lipinski definition) is 5. The zero-order chi connectivity index (χ0) is 28.2. The van der Waals surface area contributed by atoms with Crippen LogP contribution in [0.4, 0.5) is 0 Å². The Balaban J connectivity index is 1.82. The van der Waals surface area contributed by atoms with Crippen molar-refractivity contribution < 1.29 is 20.5 Å². The van der Waals surface area contributed by atoms with Crippen LogP contribution in [0, 0.1) is 13.8 Å². The van der Waals surface area contributed by atoms with E-state index in [9.17, 15) is 16.8 Å². The number of benzene rings is 4. The molecule has 0 radical (unpaired) electrons. The van der Waals surface area contributed by atoms with Crippen molar-refractivity contribution in [1.29, 1.82) is 0 Å². The van der Waals surface area contributed by atoms with Gasteiger partial charge in [0, 0.05) is 0 Å². The van der Waals surface area contributed by atoms with Crippen molar-refractivity contribution >= 4 is 32.4 Å². The third kappa shape index (κ3) is 6.11. The molecule has 0 aliphatic carbocycles. The predicted octanol–water partition coefficient (Wildman–Crippen LogP) is 6.87. The molecule has 0 spiro atoms. The molecule has 39 heavy (non-hydrogen) atoms. The summed E-state index contributed by atoms with van der Waals surface area (Å²) >= 11 is 0. The first-order valence-corrected chi connectivity index (χ1v) is 15.2. The van der Waals surface area contributed by atoms with E-state index in [1.807, 2.05) is 74.5 Å². The van der Waals surface area contributed by atoms with Crippen LogP contribution in [0.3, 0.4) is 0 Å². The van der Waals surface area contributed by atoms with E-state index in [0.717, 1.165) is 22.3 Å². The second kappa shape index (κ2) is 11.5. The average Bonchev–Trinajstić information content (AvgIpc) is 2.89. The maximum atomic E-state index is 13.6. The first-order valence-electron chi connectivity index (χ1n) is 12.4. The first kappa shape index (κ1) is 28.2. The normalized spacial score (nSPS) is 11.7. The van der Waals surface area contributed by atoms with Crippen molar-refractivity contribution in [2.75, 3.05) is 0 Å². The highest BCUT2D eigenvalue weighted by atomic mass is 32.3. The molecule has 4 aromatic rings. The summed E-state index contributed by atoms with van der Waals surface area (Å²) in [7, 11) is -9.49. The lowest BCUT2D eigenvalue weighted by atomic mass is 9.96. The monoisotopic (exact) mass is 558 g/mol. The van der Waals surface area contributed by atoms with E-state index in [1.165, 1.54) is 12.1 Å². The summed E-state index contributed by atoms with van der Waals surface area (Å²) in [6, 6.07) is 24.7. The summed E-state index contributed by atoms with van der Waals surface area (Å²) in [5, 5.41) is 0. The minimum atomic E-state index is -4.75. The number of hydrogen-bond donors (Lipinski definition) is 0. The largest absolute Gasteiger partial charge is 0.312 e. The van der Waals surface area contributed by atoms with Gasteiger partial charge in [0.25, 0.3) is 0 Å². The first-order chi connectivity index (χ1) is 18.6. The molecule has 4 rings (SSSR count). The summed E-state index contributed by atoms with van der Waals surface area (Å²) in [5.41, 5.74) is 5.45. The maximum Gasteiger partial charge on any atom is 0.312 e. The van der Waals surface area contributed by atoms with Gasteiger partial charge in [-0.1, -0.05) is 98.1 Å². The van der Waals surface area contributed by atoms with Gasteiger partial charge in [-0.3, -0.25) is 0 Å². The van der Waals surface area contributed by atoms with Crippen LogP contribution in [0.2, 0.25) is 0 Å². The van der Waals surface area contributed by atoms with Gasteiger partial charge >= 0.3 is 20.2 Å². The highest BCUT2D eigenvalue weighted by Crippen LogP contribution is 2.33. The van der Waals surface area contributed by atoms with E-state index in [-0.39, 0.29) is 22.6 Å². The van der Waals surface area contributed by atoms with Gasteiger partial charge in [0.1, 0.15) is 0 Å². The zero-order valence-electron chi connectivity index (χ0n) is 21.9. The lowest BCUT2D eigenvalue weighted by Gasteiger charge is -2.18. The van der Waals surface area contributed by atoms with Crippen LogP contribution in [0.5, 0.6) is 0 Å². The molecule has 0 bridgehead atoms. The molecule has 0 N–H and O–H groups in total. The van der Waals surface area contributed by atoms with Crippen molar-refractivity contribution in [3.05, 3.63) is 143 Å². The molecule has 200 valence electrons. The topological polar surface area (TPSA) is 77.5 Å². The van der Waals surface area contributed by atoms with Crippen molar-refractivity contribution in [3.63, 3.8) is 0 Å². The molecule has 0 aromatic heterocycles. The lowest BCUT2D eigenvalue weighted by Crippen LogP contribution is -2.18. The SMILES string of the molecule is C=Cc1c(C)ccc(S(=O)(=O)OS(=O)(=O)c2ccc(C)c(C=C)c2Cc2ccccc2)c1Cc1ccccc1. The molecule has 0 aliphatic heterocycles. The van der Waals surface area contributed by atoms with Crippen molar-refractivity contribution in [3.8, 4) is 0 Å². The van der Waals surface area contributed by atoms with Gasteiger partial charge < -0.3 is 0 Å². The second-order valence-corrected chi connectivity index (χ2v) is 12.5. The molecule has 0 amide bonds. The smallest absolute Gasteiger partial charge is 0.193 e. The predicted molar refractivity (Wildman–Crippen MR) is 156 cm³/mol. The van der Waals surface area contributed by atoms with Crippen molar-refractivity contribution in [2.24, 2.45) is 0 Å². The quantitative estimate of drug-likeness (QED) is 0.212. The van der Waals surface area contributed by atoms with Crippen LogP contribution in [0.1, 0.15) is 44.5 Å². The zero-order valence-corrected chi connectivity index (χ0v) is 23.6. The van der Waals surface area contributed by atoms with Gasteiger partial charge in [0.15, 0.2) is 0 Å². The van der Waals surface area contributed by atoms with Crippen molar-refractivity contribution in [1.82, 2.24) is 0 Å². The van der Waals surface area contributed by atoms with Crippen LogP contribution in [0.25, 0.3) is 12.2 Å². The summed E-state index contributed by atoms with van der Waals surface area (Å²) < 4.78 is 59.7. The van der Waals surface area contributed by atoms with E-state index >= 15 is 0 Å². The second-order valence-electron chi connectivity index (χ2n) is 9.25. The van der Waals surface area contributed by atoms with E-state index in [1.54, 1.807) is 24.3 Å². The summed E-state index contributed by atoms with van der Waals surface area (Å²) in [6.45, 7) is 11.4. The Morgan fingerprint density at radius 3 is 1.28 bits per heavy atom. The van der Waals surface area contributed by atoms with Crippen LogP contribution >= 0.6 is 0 Å². The minimum absolute atomic E-state index is 0.212. The molecule has 0 heterocycles. The van der Waals surface area contributed by atoms with Crippen LogP contribution in [-0.2, 0) is 36.7 Å². The highest BCUT2D eigenvalue weighted by molar-refractivity contribution is 8.00. The Bertz CT molecular complexity index is 1610. The Morgan fingerprint density at radius 2 is 0.949 bits per heavy atom. The Kier molecular flexibility index (Phi) is 8.35. The molecule has 0 unspecified atom stereocenters. The highest BCUT2D eigenvalue weighted by Gasteiger charge is 2.32. The van der Waals surface area contributed by atoms with Gasteiger partial charge in [-0.25, -0.2) is 0 Å². The van der Waals surface area contributed by atoms with E-state index in [0.29, 0.717) is 22.3 Å². The molecular formula is C32H30O5S2. The van der Waals surface area contributed by atoms with Crippen LogP contribution < -0.4 is 0 Å². The van der Waals surface area contributed by atoms with Gasteiger partial charge in [-0.15, -0.1) is 3.63 Å². The van der Waals surface area contributed by atoms with Gasteiger partial charge in [0.05, 0.1) is 9.79 Å². The molecule has 0 aliphatic rings. The minimum Gasteiger partial charge on any atom is -0.193 e. The molecule has 5 nitrogen and oxygen atoms in total. The molecule has 0 saturated carbocycles. The Hall–Kier alpha value is -3.78. The Morgan fingerprint density at radius 1 is 0.590 bits per heavy atom. The fourth-order valence-corrected chi connectivity index (χ4v) is 7.68. The molecule has 7 heteroatoms. The number of aryl methyl sites for hydroxylation is 2. The molecule has 0 atom stereocenters. The molecule has 4 aromatic carbocycles. The van der Waals surface area contributed by atoms with Gasteiger partial charge in [-0.2, -0.15) is 16.8 Å². The third-order valence-corrected chi connectivity index (χ3v) is 9.91. The Labute approximate surface area is 231 Å². The van der Waals surface area contributed by atoms with Gasteiger partial charge in [0.2, 0.25) is 0 Å². The van der Waals surface area contributed by atoms with Crippen molar-refractivity contribution in [2.45, 2.75) is 36.5 Å². The fraction of sp³-hybridized carbons (Fsp3) is 0.125.